The SMILES string of the molecule is Nc1cc(Nc2cccc(SCCN3CCCCC3)c2)sc1C(=O)c1c(Cl)cccc1Cl. The van der Waals surface area contributed by atoms with E-state index in [1.807, 2.05) is 23.9 Å². The predicted octanol–water partition coefficient (Wildman–Crippen LogP) is 7.19. The number of carbonyl (C=O) groups excluding carboxylic acids is 1. The maximum Gasteiger partial charge on any atom is 0.208 e. The number of nitrogens with zero attached hydrogens (tertiary/aromatic N) is 1. The second-order valence-corrected chi connectivity index (χ2v) is 10.8. The van der Waals surface area contributed by atoms with E-state index in [0.29, 0.717) is 20.6 Å². The third-order valence-electron chi connectivity index (χ3n) is 5.38. The van der Waals surface area contributed by atoms with Crippen LogP contribution in [0.1, 0.15) is 34.5 Å². The van der Waals surface area contributed by atoms with Crippen LogP contribution < -0.4 is 11.1 Å². The largest absolute Gasteiger partial charge is 0.397 e. The lowest BCUT2D eigenvalue weighted by molar-refractivity contribution is 0.104. The van der Waals surface area contributed by atoms with Crippen molar-refractivity contribution in [1.82, 2.24) is 4.90 Å². The Hall–Kier alpha value is -1.70. The lowest BCUT2D eigenvalue weighted by Gasteiger charge is -2.26. The molecule has 32 heavy (non-hydrogen) atoms. The first-order valence-corrected chi connectivity index (χ1v) is 13.2. The summed E-state index contributed by atoms with van der Waals surface area (Å²) in [6.45, 7) is 3.57. The Morgan fingerprint density at radius 1 is 1.06 bits per heavy atom. The first-order valence-electron chi connectivity index (χ1n) is 10.6. The maximum absolute atomic E-state index is 13.0. The molecule has 0 spiro atoms. The smallest absolute Gasteiger partial charge is 0.208 e. The van der Waals surface area contributed by atoms with Gasteiger partial charge in [-0.15, -0.1) is 23.1 Å². The first kappa shape index (κ1) is 23.5. The molecule has 0 radical (unpaired) electrons. The number of thiophene rings is 1. The zero-order valence-electron chi connectivity index (χ0n) is 17.6. The summed E-state index contributed by atoms with van der Waals surface area (Å²) in [7, 11) is 0. The van der Waals surface area contributed by atoms with Gasteiger partial charge >= 0.3 is 0 Å². The normalized spacial score (nSPS) is 14.4. The Labute approximate surface area is 207 Å². The van der Waals surface area contributed by atoms with Gasteiger partial charge in [0.2, 0.25) is 5.78 Å². The van der Waals surface area contributed by atoms with Crippen molar-refractivity contribution in [3.8, 4) is 0 Å². The van der Waals surface area contributed by atoms with Crippen molar-refractivity contribution in [3.63, 3.8) is 0 Å². The number of carbonyl (C=O) groups is 1. The molecular weight excluding hydrogens is 481 g/mol. The van der Waals surface area contributed by atoms with E-state index in [1.165, 1.54) is 48.6 Å². The molecule has 1 fully saturated rings. The molecule has 2 heterocycles. The molecule has 0 atom stereocenters. The van der Waals surface area contributed by atoms with Crippen molar-refractivity contribution >= 4 is 68.5 Å². The summed E-state index contributed by atoms with van der Waals surface area (Å²) in [6, 6.07) is 15.1. The van der Waals surface area contributed by atoms with Gasteiger partial charge in [-0.25, -0.2) is 0 Å². The molecule has 3 aromatic rings. The summed E-state index contributed by atoms with van der Waals surface area (Å²) >= 11 is 15.6. The summed E-state index contributed by atoms with van der Waals surface area (Å²) in [5, 5.41) is 4.81. The topological polar surface area (TPSA) is 58.4 Å². The van der Waals surface area contributed by atoms with Gasteiger partial charge in [0.25, 0.3) is 0 Å². The quantitative estimate of drug-likeness (QED) is 0.250. The van der Waals surface area contributed by atoms with Crippen molar-refractivity contribution in [1.29, 1.82) is 0 Å². The van der Waals surface area contributed by atoms with Gasteiger partial charge in [0, 0.05) is 22.9 Å². The van der Waals surface area contributed by atoms with Gasteiger partial charge < -0.3 is 16.0 Å². The minimum Gasteiger partial charge on any atom is -0.397 e. The number of thioether (sulfide) groups is 1. The molecule has 1 saturated heterocycles. The van der Waals surface area contributed by atoms with Crippen LogP contribution in [0.3, 0.4) is 0 Å². The second-order valence-electron chi connectivity index (χ2n) is 7.72. The number of rotatable bonds is 8. The standard InChI is InChI=1S/C24H25Cl2N3OS2/c25-18-8-5-9-19(26)22(18)23(30)24-20(27)15-21(32-24)28-16-6-4-7-17(14-16)31-13-12-29-10-2-1-3-11-29/h4-9,14-15,28H,1-3,10-13,27H2. The Kier molecular flexibility index (Phi) is 8.02. The molecule has 8 heteroatoms. The Morgan fingerprint density at radius 3 is 2.53 bits per heavy atom. The van der Waals surface area contributed by atoms with E-state index in [-0.39, 0.29) is 11.3 Å². The molecule has 0 saturated carbocycles. The van der Waals surface area contributed by atoms with Gasteiger partial charge in [0.1, 0.15) is 4.88 Å². The van der Waals surface area contributed by atoms with E-state index in [2.05, 4.69) is 22.3 Å². The molecule has 0 aliphatic carbocycles. The highest BCUT2D eigenvalue weighted by Gasteiger charge is 2.21. The van der Waals surface area contributed by atoms with Gasteiger partial charge in [-0.1, -0.05) is 41.8 Å². The fraction of sp³-hybridized carbons (Fsp3) is 0.292. The van der Waals surface area contributed by atoms with E-state index < -0.39 is 0 Å². The Balaban J connectivity index is 1.41. The third kappa shape index (κ3) is 5.80. The van der Waals surface area contributed by atoms with Crippen molar-refractivity contribution in [3.05, 3.63) is 69.0 Å². The van der Waals surface area contributed by atoms with Gasteiger partial charge in [-0.2, -0.15) is 0 Å². The molecule has 1 aromatic heterocycles. The first-order chi connectivity index (χ1) is 15.5. The van der Waals surface area contributed by atoms with E-state index in [0.717, 1.165) is 23.0 Å². The van der Waals surface area contributed by atoms with E-state index in [4.69, 9.17) is 28.9 Å². The van der Waals surface area contributed by atoms with Crippen LogP contribution in [0.5, 0.6) is 0 Å². The number of nitrogens with two attached hydrogens (primary N) is 1. The highest BCUT2D eigenvalue weighted by atomic mass is 35.5. The van der Waals surface area contributed by atoms with Crippen LogP contribution in [0.15, 0.2) is 53.4 Å². The number of hydrogen-bond acceptors (Lipinski definition) is 6. The van der Waals surface area contributed by atoms with Crippen LogP contribution in [0.25, 0.3) is 0 Å². The highest BCUT2D eigenvalue weighted by Crippen LogP contribution is 2.36. The zero-order valence-corrected chi connectivity index (χ0v) is 20.7. The summed E-state index contributed by atoms with van der Waals surface area (Å²) in [5.74, 6) is 0.810. The average Bonchev–Trinajstić information content (AvgIpc) is 3.14. The molecule has 0 unspecified atom stereocenters. The van der Waals surface area contributed by atoms with E-state index in [1.54, 1.807) is 24.3 Å². The van der Waals surface area contributed by atoms with Crippen LogP contribution in [0.4, 0.5) is 16.4 Å². The summed E-state index contributed by atoms with van der Waals surface area (Å²) in [4.78, 5) is 17.2. The fourth-order valence-corrected chi connectivity index (χ4v) is 6.24. The number of nitrogens with one attached hydrogen (secondary N) is 1. The second kappa shape index (κ2) is 10.9. The maximum atomic E-state index is 13.0. The van der Waals surface area contributed by atoms with Crippen LogP contribution in [0, 0.1) is 0 Å². The van der Waals surface area contributed by atoms with Crippen molar-refractivity contribution in [2.75, 3.05) is 36.4 Å². The highest BCUT2D eigenvalue weighted by molar-refractivity contribution is 7.99. The Morgan fingerprint density at radius 2 is 1.78 bits per heavy atom. The number of halogens is 2. The lowest BCUT2D eigenvalue weighted by Crippen LogP contribution is -2.31. The molecule has 0 bridgehead atoms. The fourth-order valence-electron chi connectivity index (χ4n) is 3.75. The van der Waals surface area contributed by atoms with Gasteiger partial charge in [0.05, 0.1) is 26.3 Å². The molecule has 2 aromatic carbocycles. The molecule has 0 amide bonds. The lowest BCUT2D eigenvalue weighted by atomic mass is 10.1. The van der Waals surface area contributed by atoms with Gasteiger partial charge in [-0.3, -0.25) is 4.79 Å². The number of likely N-dealkylation sites (tertiary alicyclic amines) is 1. The Bertz CT molecular complexity index is 1080. The number of ketones is 1. The third-order valence-corrected chi connectivity index (χ3v) is 8.05. The predicted molar refractivity (Wildman–Crippen MR) is 139 cm³/mol. The minimum atomic E-state index is -0.266. The van der Waals surface area contributed by atoms with Crippen molar-refractivity contribution in [2.45, 2.75) is 24.2 Å². The van der Waals surface area contributed by atoms with E-state index >= 15 is 0 Å². The number of hydrogen-bond donors (Lipinski definition) is 2. The summed E-state index contributed by atoms with van der Waals surface area (Å²) in [5.41, 5.74) is 7.81. The molecular formula is C24H25Cl2N3OS2. The van der Waals surface area contributed by atoms with Crippen LogP contribution in [0.2, 0.25) is 10.0 Å². The zero-order chi connectivity index (χ0) is 22.5. The van der Waals surface area contributed by atoms with Crippen molar-refractivity contribution < 1.29 is 4.79 Å². The number of benzene rings is 2. The van der Waals surface area contributed by atoms with E-state index in [9.17, 15) is 4.79 Å². The number of nitrogen functional groups attached to an aromatic ring is 1. The molecule has 168 valence electrons. The summed E-state index contributed by atoms with van der Waals surface area (Å²) < 4.78 is 0. The van der Waals surface area contributed by atoms with Crippen LogP contribution in [-0.4, -0.2) is 36.1 Å². The molecule has 1 aliphatic heterocycles. The minimum absolute atomic E-state index is 0.266. The molecule has 1 aliphatic rings. The van der Waals surface area contributed by atoms with Gasteiger partial charge in [0.15, 0.2) is 0 Å². The van der Waals surface area contributed by atoms with Gasteiger partial charge in [-0.05, 0) is 62.3 Å². The number of anilines is 3. The van der Waals surface area contributed by atoms with Crippen molar-refractivity contribution in [2.24, 2.45) is 0 Å². The monoisotopic (exact) mass is 505 g/mol. The average molecular weight is 507 g/mol. The molecule has 4 rings (SSSR count). The summed E-state index contributed by atoms with van der Waals surface area (Å²) in [6.07, 6.45) is 4.01. The van der Waals surface area contributed by atoms with Crippen LogP contribution >= 0.6 is 46.3 Å². The number of piperidine rings is 1. The molecule has 3 N–H and O–H groups in total. The van der Waals surface area contributed by atoms with Crippen LogP contribution in [-0.2, 0) is 0 Å². The molecule has 4 nitrogen and oxygen atoms in total.